The van der Waals surface area contributed by atoms with Crippen LogP contribution in [0, 0.1) is 5.92 Å². The van der Waals surface area contributed by atoms with Gasteiger partial charge < -0.3 is 10.2 Å². The molecular formula is C15H16ClN5O. The highest BCUT2D eigenvalue weighted by Gasteiger charge is 2.26. The van der Waals surface area contributed by atoms with Gasteiger partial charge in [0.05, 0.1) is 5.92 Å². The Balaban J connectivity index is 1.65. The fourth-order valence-electron chi connectivity index (χ4n) is 2.56. The molecule has 114 valence electrons. The van der Waals surface area contributed by atoms with Crippen LogP contribution >= 0.6 is 11.6 Å². The van der Waals surface area contributed by atoms with Crippen LogP contribution in [0.5, 0.6) is 0 Å². The number of pyridine rings is 1. The number of nitrogens with one attached hydrogen (secondary N) is 1. The zero-order valence-corrected chi connectivity index (χ0v) is 12.7. The zero-order chi connectivity index (χ0) is 15.4. The molecule has 1 aliphatic rings. The maximum absolute atomic E-state index is 12.4. The van der Waals surface area contributed by atoms with Gasteiger partial charge >= 0.3 is 0 Å². The molecule has 1 amide bonds. The Morgan fingerprint density at radius 2 is 2.05 bits per heavy atom. The van der Waals surface area contributed by atoms with Gasteiger partial charge in [-0.3, -0.25) is 9.78 Å². The van der Waals surface area contributed by atoms with Gasteiger partial charge in [-0.1, -0.05) is 11.6 Å². The van der Waals surface area contributed by atoms with Gasteiger partial charge in [-0.15, -0.1) is 10.2 Å². The fraction of sp³-hybridized carbons (Fsp3) is 0.333. The van der Waals surface area contributed by atoms with Crippen LogP contribution in [0.2, 0.25) is 5.15 Å². The fourth-order valence-corrected chi connectivity index (χ4v) is 2.66. The lowest BCUT2D eigenvalue weighted by atomic mass is 9.97. The van der Waals surface area contributed by atoms with Crippen LogP contribution in [-0.2, 0) is 4.79 Å². The van der Waals surface area contributed by atoms with Crippen molar-refractivity contribution in [1.29, 1.82) is 0 Å². The number of anilines is 2. The van der Waals surface area contributed by atoms with E-state index in [0.717, 1.165) is 30.9 Å². The lowest BCUT2D eigenvalue weighted by Crippen LogP contribution is -2.41. The van der Waals surface area contributed by atoms with Crippen molar-refractivity contribution in [2.75, 3.05) is 23.3 Å². The molecule has 0 radical (unpaired) electrons. The maximum Gasteiger partial charge on any atom is 0.229 e. The summed E-state index contributed by atoms with van der Waals surface area (Å²) in [5, 5.41) is 11.2. The Bertz CT molecular complexity index is 634. The number of aromatic nitrogens is 3. The van der Waals surface area contributed by atoms with Crippen LogP contribution in [0.3, 0.4) is 0 Å². The van der Waals surface area contributed by atoms with Crippen LogP contribution in [0.1, 0.15) is 12.8 Å². The first-order valence-corrected chi connectivity index (χ1v) is 7.55. The molecule has 1 atom stereocenters. The van der Waals surface area contributed by atoms with Crippen molar-refractivity contribution in [3.8, 4) is 0 Å². The number of carbonyl (C=O) groups is 1. The summed E-state index contributed by atoms with van der Waals surface area (Å²) in [4.78, 5) is 18.4. The highest BCUT2D eigenvalue weighted by molar-refractivity contribution is 6.29. The van der Waals surface area contributed by atoms with E-state index in [0.29, 0.717) is 11.7 Å². The van der Waals surface area contributed by atoms with Crippen molar-refractivity contribution < 1.29 is 4.79 Å². The number of hydrogen-bond donors (Lipinski definition) is 1. The SMILES string of the molecule is O=C(Nc1ccncc1)[C@H]1CCCN(c2ccc(Cl)nn2)C1. The van der Waals surface area contributed by atoms with Crippen molar-refractivity contribution >= 4 is 29.0 Å². The average molecular weight is 318 g/mol. The van der Waals surface area contributed by atoms with E-state index in [1.165, 1.54) is 0 Å². The molecule has 1 aliphatic heterocycles. The summed E-state index contributed by atoms with van der Waals surface area (Å²) in [6.07, 6.45) is 5.13. The van der Waals surface area contributed by atoms with E-state index < -0.39 is 0 Å². The summed E-state index contributed by atoms with van der Waals surface area (Å²) in [5.41, 5.74) is 0.767. The number of rotatable bonds is 3. The standard InChI is InChI=1S/C15H16ClN5O/c16-13-3-4-14(20-19-13)21-9-1-2-11(10-21)15(22)18-12-5-7-17-8-6-12/h3-8,11H,1-2,9-10H2,(H,17,18,22)/t11-/m0/s1. The summed E-state index contributed by atoms with van der Waals surface area (Å²) < 4.78 is 0. The minimum Gasteiger partial charge on any atom is -0.354 e. The average Bonchev–Trinajstić information content (AvgIpc) is 2.56. The third-order valence-electron chi connectivity index (χ3n) is 3.68. The maximum atomic E-state index is 12.4. The molecule has 22 heavy (non-hydrogen) atoms. The Labute approximate surface area is 133 Å². The van der Waals surface area contributed by atoms with Crippen LogP contribution < -0.4 is 10.2 Å². The summed E-state index contributed by atoms with van der Waals surface area (Å²) in [5.74, 6) is 0.711. The minimum absolute atomic E-state index is 0.0258. The predicted molar refractivity (Wildman–Crippen MR) is 84.8 cm³/mol. The van der Waals surface area contributed by atoms with Crippen LogP contribution in [0.15, 0.2) is 36.7 Å². The third kappa shape index (κ3) is 3.51. The highest BCUT2D eigenvalue weighted by Crippen LogP contribution is 2.23. The van der Waals surface area contributed by atoms with E-state index in [2.05, 4.69) is 25.4 Å². The highest BCUT2D eigenvalue weighted by atomic mass is 35.5. The van der Waals surface area contributed by atoms with E-state index in [-0.39, 0.29) is 11.8 Å². The summed E-state index contributed by atoms with van der Waals surface area (Å²) >= 11 is 5.76. The predicted octanol–water partition coefficient (Wildman–Crippen LogP) is 2.38. The molecule has 7 heteroatoms. The molecule has 1 N–H and O–H groups in total. The van der Waals surface area contributed by atoms with Gasteiger partial charge in [0, 0.05) is 31.2 Å². The van der Waals surface area contributed by atoms with E-state index in [9.17, 15) is 4.79 Å². The second kappa shape index (κ2) is 6.70. The van der Waals surface area contributed by atoms with E-state index in [4.69, 9.17) is 11.6 Å². The number of halogens is 1. The molecule has 0 bridgehead atoms. The quantitative estimate of drug-likeness (QED) is 0.941. The molecule has 1 fully saturated rings. The number of hydrogen-bond acceptors (Lipinski definition) is 5. The van der Waals surface area contributed by atoms with Crippen molar-refractivity contribution in [3.05, 3.63) is 41.8 Å². The number of carbonyl (C=O) groups excluding carboxylic acids is 1. The van der Waals surface area contributed by atoms with Crippen LogP contribution in [0.4, 0.5) is 11.5 Å². The Morgan fingerprint density at radius 1 is 1.23 bits per heavy atom. The molecular weight excluding hydrogens is 302 g/mol. The van der Waals surface area contributed by atoms with Gasteiger partial charge in [0.25, 0.3) is 0 Å². The van der Waals surface area contributed by atoms with Gasteiger partial charge in [-0.05, 0) is 37.1 Å². The monoisotopic (exact) mass is 317 g/mol. The molecule has 3 heterocycles. The van der Waals surface area contributed by atoms with Gasteiger partial charge in [-0.2, -0.15) is 0 Å². The number of amides is 1. The minimum atomic E-state index is -0.0700. The largest absolute Gasteiger partial charge is 0.354 e. The van der Waals surface area contributed by atoms with E-state index >= 15 is 0 Å². The van der Waals surface area contributed by atoms with Gasteiger partial charge in [0.15, 0.2) is 11.0 Å². The van der Waals surface area contributed by atoms with Crippen molar-refractivity contribution in [2.24, 2.45) is 5.92 Å². The van der Waals surface area contributed by atoms with Gasteiger partial charge in [0.2, 0.25) is 5.91 Å². The smallest absolute Gasteiger partial charge is 0.229 e. The molecule has 3 rings (SSSR count). The van der Waals surface area contributed by atoms with Crippen molar-refractivity contribution in [1.82, 2.24) is 15.2 Å². The molecule has 0 unspecified atom stereocenters. The Kier molecular flexibility index (Phi) is 4.48. The summed E-state index contributed by atoms with van der Waals surface area (Å²) in [6, 6.07) is 7.11. The topological polar surface area (TPSA) is 71.0 Å². The zero-order valence-electron chi connectivity index (χ0n) is 11.9. The summed E-state index contributed by atoms with van der Waals surface area (Å²) in [6.45, 7) is 1.50. The molecule has 0 aliphatic carbocycles. The Hall–Kier alpha value is -2.21. The van der Waals surface area contributed by atoms with Crippen LogP contribution in [0.25, 0.3) is 0 Å². The second-order valence-electron chi connectivity index (χ2n) is 5.22. The molecule has 1 saturated heterocycles. The summed E-state index contributed by atoms with van der Waals surface area (Å²) in [7, 11) is 0. The second-order valence-corrected chi connectivity index (χ2v) is 5.61. The Morgan fingerprint density at radius 3 is 2.77 bits per heavy atom. The van der Waals surface area contributed by atoms with Crippen molar-refractivity contribution in [2.45, 2.75) is 12.8 Å². The lowest BCUT2D eigenvalue weighted by molar-refractivity contribution is -0.120. The third-order valence-corrected chi connectivity index (χ3v) is 3.88. The van der Waals surface area contributed by atoms with Crippen LogP contribution in [-0.4, -0.2) is 34.2 Å². The molecule has 0 spiro atoms. The van der Waals surface area contributed by atoms with E-state index in [1.54, 1.807) is 30.6 Å². The molecule has 0 saturated carbocycles. The van der Waals surface area contributed by atoms with Gasteiger partial charge in [0.1, 0.15) is 0 Å². The van der Waals surface area contributed by atoms with E-state index in [1.807, 2.05) is 6.07 Å². The normalized spacial score (nSPS) is 18.0. The first-order chi connectivity index (χ1) is 10.7. The first kappa shape index (κ1) is 14.7. The number of piperidine rings is 1. The number of nitrogens with zero attached hydrogens (tertiary/aromatic N) is 4. The molecule has 2 aromatic heterocycles. The molecule has 6 nitrogen and oxygen atoms in total. The first-order valence-electron chi connectivity index (χ1n) is 7.17. The van der Waals surface area contributed by atoms with Gasteiger partial charge in [-0.25, -0.2) is 0 Å². The lowest BCUT2D eigenvalue weighted by Gasteiger charge is -2.32. The molecule has 2 aromatic rings. The molecule has 0 aromatic carbocycles. The van der Waals surface area contributed by atoms with Crippen molar-refractivity contribution in [3.63, 3.8) is 0 Å².